The highest BCUT2D eigenvalue weighted by atomic mass is 32.1. The molecule has 4 rings (SSSR count). The van der Waals surface area contributed by atoms with E-state index in [0.717, 1.165) is 16.6 Å². The number of fused-ring (bicyclic) bond motifs is 1. The molecule has 1 aromatic heterocycles. The van der Waals surface area contributed by atoms with Gasteiger partial charge in [-0.25, -0.2) is 5.48 Å². The first-order valence-electron chi connectivity index (χ1n) is 9.02. The standard InChI is InChI=1S/C21H22N2O2S/c24-21(22-25)17-7-8-19-18(12-17)13-20(26-19)16-6-4-5-15(11-16)14-23-9-2-1-3-10-23/h4-8,11-13,25H,1-3,9-10,14H2,(H,22,24). The van der Waals surface area contributed by atoms with Crippen LogP contribution in [0.15, 0.2) is 48.5 Å². The summed E-state index contributed by atoms with van der Waals surface area (Å²) in [5.74, 6) is -0.483. The van der Waals surface area contributed by atoms with Crippen molar-refractivity contribution < 1.29 is 10.0 Å². The number of hydrogen-bond donors (Lipinski definition) is 2. The lowest BCUT2D eigenvalue weighted by molar-refractivity contribution is 0.0706. The molecule has 0 bridgehead atoms. The van der Waals surface area contributed by atoms with Crippen LogP contribution in [-0.2, 0) is 6.54 Å². The van der Waals surface area contributed by atoms with Gasteiger partial charge in [0.1, 0.15) is 0 Å². The summed E-state index contributed by atoms with van der Waals surface area (Å²) in [5, 5.41) is 9.83. The van der Waals surface area contributed by atoms with Gasteiger partial charge in [0.25, 0.3) is 5.91 Å². The first-order valence-corrected chi connectivity index (χ1v) is 9.84. The molecule has 0 spiro atoms. The third-order valence-corrected chi connectivity index (χ3v) is 6.11. The van der Waals surface area contributed by atoms with Crippen LogP contribution in [-0.4, -0.2) is 29.1 Å². The fourth-order valence-electron chi connectivity index (χ4n) is 3.59. The van der Waals surface area contributed by atoms with Crippen molar-refractivity contribution in [2.24, 2.45) is 0 Å². The van der Waals surface area contributed by atoms with Gasteiger partial charge in [0.15, 0.2) is 0 Å². The Morgan fingerprint density at radius 3 is 2.73 bits per heavy atom. The van der Waals surface area contributed by atoms with Crippen molar-refractivity contribution in [2.75, 3.05) is 13.1 Å². The highest BCUT2D eigenvalue weighted by Gasteiger charge is 2.12. The molecule has 0 atom stereocenters. The highest BCUT2D eigenvalue weighted by molar-refractivity contribution is 7.22. The third-order valence-electron chi connectivity index (χ3n) is 4.95. The van der Waals surface area contributed by atoms with Gasteiger partial charge in [0.05, 0.1) is 0 Å². The summed E-state index contributed by atoms with van der Waals surface area (Å²) in [5.41, 5.74) is 4.72. The molecule has 5 heteroatoms. The van der Waals surface area contributed by atoms with E-state index in [2.05, 4.69) is 35.2 Å². The Labute approximate surface area is 157 Å². The maximum atomic E-state index is 11.6. The number of piperidine rings is 1. The predicted molar refractivity (Wildman–Crippen MR) is 106 cm³/mol. The Hall–Kier alpha value is -2.21. The summed E-state index contributed by atoms with van der Waals surface area (Å²) in [6, 6.07) is 16.4. The zero-order chi connectivity index (χ0) is 17.9. The molecule has 1 aliphatic rings. The van der Waals surface area contributed by atoms with Gasteiger partial charge >= 0.3 is 0 Å². The third kappa shape index (κ3) is 3.65. The van der Waals surface area contributed by atoms with Crippen LogP contribution in [0.2, 0.25) is 0 Å². The minimum absolute atomic E-state index is 0.461. The van der Waals surface area contributed by atoms with E-state index in [9.17, 15) is 4.79 Å². The van der Waals surface area contributed by atoms with Gasteiger partial charge in [0.2, 0.25) is 0 Å². The Bertz CT molecular complexity index is 929. The van der Waals surface area contributed by atoms with E-state index in [1.54, 1.807) is 22.9 Å². The number of carbonyl (C=O) groups excluding carboxylic acids is 1. The van der Waals surface area contributed by atoms with E-state index in [1.807, 2.05) is 12.1 Å². The number of carbonyl (C=O) groups is 1. The summed E-state index contributed by atoms with van der Waals surface area (Å²) < 4.78 is 1.14. The van der Waals surface area contributed by atoms with E-state index in [0.29, 0.717) is 5.56 Å². The SMILES string of the molecule is O=C(NO)c1ccc2sc(-c3cccc(CN4CCCCC4)c3)cc2c1. The average molecular weight is 366 g/mol. The Kier molecular flexibility index (Phi) is 5.02. The molecule has 2 N–H and O–H groups in total. The van der Waals surface area contributed by atoms with Gasteiger partial charge in [-0.3, -0.25) is 14.9 Å². The quantitative estimate of drug-likeness (QED) is 0.521. The zero-order valence-corrected chi connectivity index (χ0v) is 15.4. The summed E-state index contributed by atoms with van der Waals surface area (Å²) >= 11 is 1.73. The number of nitrogens with one attached hydrogen (secondary N) is 1. The van der Waals surface area contributed by atoms with Gasteiger partial charge < -0.3 is 0 Å². The minimum atomic E-state index is -0.483. The number of thiophene rings is 1. The Balaban J connectivity index is 1.60. The van der Waals surface area contributed by atoms with Crippen LogP contribution in [0.5, 0.6) is 0 Å². The predicted octanol–water partition coefficient (Wildman–Crippen LogP) is 4.67. The highest BCUT2D eigenvalue weighted by Crippen LogP contribution is 2.34. The van der Waals surface area contributed by atoms with Crippen LogP contribution in [0.3, 0.4) is 0 Å². The normalized spacial score (nSPS) is 15.3. The lowest BCUT2D eigenvalue weighted by Gasteiger charge is -2.26. The van der Waals surface area contributed by atoms with Crippen LogP contribution >= 0.6 is 11.3 Å². The topological polar surface area (TPSA) is 52.6 Å². The Morgan fingerprint density at radius 2 is 1.92 bits per heavy atom. The molecule has 2 heterocycles. The van der Waals surface area contributed by atoms with Gasteiger partial charge in [-0.15, -0.1) is 11.3 Å². The molecular formula is C21H22N2O2S. The van der Waals surface area contributed by atoms with Crippen molar-refractivity contribution in [1.29, 1.82) is 0 Å². The second-order valence-corrected chi connectivity index (χ2v) is 7.93. The van der Waals surface area contributed by atoms with Crippen LogP contribution in [0, 0.1) is 0 Å². The van der Waals surface area contributed by atoms with Crippen LogP contribution in [0.25, 0.3) is 20.5 Å². The molecule has 3 aromatic rings. The molecular weight excluding hydrogens is 344 g/mol. The number of nitrogens with zero attached hydrogens (tertiary/aromatic N) is 1. The van der Waals surface area contributed by atoms with E-state index >= 15 is 0 Å². The molecule has 1 saturated heterocycles. The van der Waals surface area contributed by atoms with Gasteiger partial charge in [-0.05, 0) is 72.8 Å². The van der Waals surface area contributed by atoms with Crippen molar-refractivity contribution in [1.82, 2.24) is 10.4 Å². The Morgan fingerprint density at radius 1 is 1.08 bits per heavy atom. The van der Waals surface area contributed by atoms with Gasteiger partial charge in [0, 0.05) is 21.7 Å². The summed E-state index contributed by atoms with van der Waals surface area (Å²) in [7, 11) is 0. The summed E-state index contributed by atoms with van der Waals surface area (Å²) in [6.07, 6.45) is 3.97. The largest absolute Gasteiger partial charge is 0.299 e. The van der Waals surface area contributed by atoms with Crippen LogP contribution in [0.1, 0.15) is 35.2 Å². The minimum Gasteiger partial charge on any atom is -0.299 e. The molecule has 134 valence electrons. The second-order valence-electron chi connectivity index (χ2n) is 6.84. The molecule has 1 aliphatic heterocycles. The fraction of sp³-hybridized carbons (Fsp3) is 0.286. The number of benzene rings is 2. The van der Waals surface area contributed by atoms with Crippen molar-refractivity contribution in [2.45, 2.75) is 25.8 Å². The molecule has 2 aromatic carbocycles. The molecule has 26 heavy (non-hydrogen) atoms. The first-order chi connectivity index (χ1) is 12.7. The van der Waals surface area contributed by atoms with Gasteiger partial charge in [-0.2, -0.15) is 0 Å². The summed E-state index contributed by atoms with van der Waals surface area (Å²) in [6.45, 7) is 3.41. The lowest BCUT2D eigenvalue weighted by atomic mass is 10.1. The number of hydroxylamine groups is 1. The first kappa shape index (κ1) is 17.2. The van der Waals surface area contributed by atoms with Crippen molar-refractivity contribution in [3.8, 4) is 10.4 Å². The molecule has 0 aliphatic carbocycles. The molecule has 1 fully saturated rings. The second kappa shape index (κ2) is 7.58. The molecule has 0 unspecified atom stereocenters. The molecule has 1 amide bonds. The molecule has 0 radical (unpaired) electrons. The lowest BCUT2D eigenvalue weighted by Crippen LogP contribution is -2.29. The van der Waals surface area contributed by atoms with Crippen molar-refractivity contribution in [3.63, 3.8) is 0 Å². The maximum Gasteiger partial charge on any atom is 0.274 e. The van der Waals surface area contributed by atoms with Crippen LogP contribution in [0.4, 0.5) is 0 Å². The monoisotopic (exact) mass is 366 g/mol. The number of hydrogen-bond acceptors (Lipinski definition) is 4. The molecule has 4 nitrogen and oxygen atoms in total. The smallest absolute Gasteiger partial charge is 0.274 e. The van der Waals surface area contributed by atoms with Crippen LogP contribution < -0.4 is 5.48 Å². The molecule has 0 saturated carbocycles. The summed E-state index contributed by atoms with van der Waals surface area (Å²) in [4.78, 5) is 15.3. The van der Waals surface area contributed by atoms with Crippen molar-refractivity contribution in [3.05, 3.63) is 59.7 Å². The maximum absolute atomic E-state index is 11.6. The van der Waals surface area contributed by atoms with E-state index in [-0.39, 0.29) is 0 Å². The average Bonchev–Trinajstić information content (AvgIpc) is 3.12. The van der Waals surface area contributed by atoms with E-state index in [4.69, 9.17) is 5.21 Å². The fourth-order valence-corrected chi connectivity index (χ4v) is 4.63. The number of amides is 1. The number of rotatable bonds is 4. The van der Waals surface area contributed by atoms with Crippen molar-refractivity contribution >= 4 is 27.3 Å². The van der Waals surface area contributed by atoms with Gasteiger partial charge in [-0.1, -0.05) is 24.6 Å². The van der Waals surface area contributed by atoms with E-state index < -0.39 is 5.91 Å². The zero-order valence-electron chi connectivity index (χ0n) is 14.6. The number of likely N-dealkylation sites (tertiary alicyclic amines) is 1. The van der Waals surface area contributed by atoms with E-state index in [1.165, 1.54) is 48.4 Å².